The third kappa shape index (κ3) is 4.03. The van der Waals surface area contributed by atoms with E-state index in [9.17, 15) is 9.90 Å². The highest BCUT2D eigenvalue weighted by atomic mass is 16.6. The Morgan fingerprint density at radius 3 is 2.80 bits per heavy atom. The van der Waals surface area contributed by atoms with Crippen molar-refractivity contribution in [2.24, 2.45) is 0 Å². The highest BCUT2D eigenvalue weighted by Gasteiger charge is 2.19. The number of hydrogen-bond donors (Lipinski definition) is 3. The van der Waals surface area contributed by atoms with Crippen molar-refractivity contribution in [1.29, 1.82) is 0 Å². The van der Waals surface area contributed by atoms with Crippen molar-refractivity contribution in [2.75, 3.05) is 0 Å². The number of allylic oxidation sites excluding steroid dienone is 2. The molecule has 1 aliphatic rings. The van der Waals surface area contributed by atoms with Crippen molar-refractivity contribution in [2.45, 2.75) is 32.6 Å². The molecule has 1 amide bonds. The number of dihydropyridines is 1. The smallest absolute Gasteiger partial charge is 0.412 e. The predicted octanol–water partition coefficient (Wildman–Crippen LogP) is 0.830. The molecule has 1 rings (SSSR count). The number of carbonyl (C=O) groups excluding carboxylic acids is 1. The molecule has 0 fully saturated rings. The van der Waals surface area contributed by atoms with Gasteiger partial charge in [0.2, 0.25) is 0 Å². The largest absolute Gasteiger partial charge is 0.444 e. The highest BCUT2D eigenvalue weighted by molar-refractivity contribution is 5.70. The van der Waals surface area contributed by atoms with Gasteiger partial charge in [-0.15, -0.1) is 0 Å². The maximum Gasteiger partial charge on any atom is 0.412 e. The van der Waals surface area contributed by atoms with Crippen LogP contribution in [0.1, 0.15) is 20.8 Å². The van der Waals surface area contributed by atoms with E-state index in [0.29, 0.717) is 5.70 Å². The first-order valence-corrected chi connectivity index (χ1v) is 4.69. The first-order chi connectivity index (χ1) is 6.88. The van der Waals surface area contributed by atoms with Crippen molar-refractivity contribution in [1.82, 2.24) is 10.6 Å². The molecule has 0 saturated carbocycles. The molecule has 1 heterocycles. The van der Waals surface area contributed by atoms with Crippen LogP contribution in [-0.2, 0) is 4.74 Å². The summed E-state index contributed by atoms with van der Waals surface area (Å²) in [6.07, 6.45) is 3.39. The SMILES string of the molecule is CC(C)(C)OC(=O)NC1=CC=CNC1O. The summed E-state index contributed by atoms with van der Waals surface area (Å²) in [5.74, 6) is 0. The van der Waals surface area contributed by atoms with Gasteiger partial charge in [0.1, 0.15) is 5.60 Å². The van der Waals surface area contributed by atoms with E-state index < -0.39 is 17.9 Å². The van der Waals surface area contributed by atoms with E-state index in [4.69, 9.17) is 4.74 Å². The molecule has 0 aromatic heterocycles. The quantitative estimate of drug-likeness (QED) is 0.602. The molecule has 0 aromatic rings. The molecule has 1 unspecified atom stereocenters. The zero-order valence-corrected chi connectivity index (χ0v) is 9.07. The summed E-state index contributed by atoms with van der Waals surface area (Å²) in [7, 11) is 0. The van der Waals surface area contributed by atoms with Gasteiger partial charge in [0.25, 0.3) is 0 Å². The van der Waals surface area contributed by atoms with Crippen LogP contribution in [0, 0.1) is 0 Å². The van der Waals surface area contributed by atoms with Gasteiger partial charge in [-0.25, -0.2) is 4.79 Å². The van der Waals surface area contributed by atoms with Crippen LogP contribution in [0.3, 0.4) is 0 Å². The van der Waals surface area contributed by atoms with Crippen LogP contribution in [-0.4, -0.2) is 23.0 Å². The topological polar surface area (TPSA) is 70.6 Å². The van der Waals surface area contributed by atoms with Crippen molar-refractivity contribution >= 4 is 6.09 Å². The van der Waals surface area contributed by atoms with Crippen molar-refractivity contribution < 1.29 is 14.6 Å². The van der Waals surface area contributed by atoms with Crippen LogP contribution in [0.2, 0.25) is 0 Å². The predicted molar refractivity (Wildman–Crippen MR) is 55.7 cm³/mol. The van der Waals surface area contributed by atoms with E-state index >= 15 is 0 Å². The molecule has 0 aliphatic carbocycles. The molecular formula is C10H16N2O3. The van der Waals surface area contributed by atoms with Crippen LogP contribution in [0.15, 0.2) is 24.0 Å². The first-order valence-electron chi connectivity index (χ1n) is 4.69. The first kappa shape index (κ1) is 11.6. The van der Waals surface area contributed by atoms with E-state index in [-0.39, 0.29) is 0 Å². The van der Waals surface area contributed by atoms with Gasteiger partial charge in [-0.3, -0.25) is 5.32 Å². The van der Waals surface area contributed by atoms with Gasteiger partial charge in [-0.2, -0.15) is 0 Å². The minimum atomic E-state index is -0.900. The minimum absolute atomic E-state index is 0.367. The molecule has 0 bridgehead atoms. The molecule has 0 radical (unpaired) electrons. The standard InChI is InChI=1S/C10H16N2O3/c1-10(2,3)15-9(14)12-7-5-4-6-11-8(7)13/h4-6,8,11,13H,1-3H3,(H,12,14). The van der Waals surface area contributed by atoms with E-state index in [1.165, 1.54) is 0 Å². The Hall–Kier alpha value is -1.49. The second-order valence-electron chi connectivity index (χ2n) is 4.18. The zero-order valence-electron chi connectivity index (χ0n) is 9.07. The van der Waals surface area contributed by atoms with Crippen LogP contribution in [0.5, 0.6) is 0 Å². The van der Waals surface area contributed by atoms with Gasteiger partial charge >= 0.3 is 6.09 Å². The Labute approximate surface area is 88.8 Å². The minimum Gasteiger partial charge on any atom is -0.444 e. The molecule has 5 heteroatoms. The summed E-state index contributed by atoms with van der Waals surface area (Å²) in [6, 6.07) is 0. The van der Waals surface area contributed by atoms with Gasteiger partial charge in [0.15, 0.2) is 6.23 Å². The van der Waals surface area contributed by atoms with Crippen LogP contribution in [0.4, 0.5) is 4.79 Å². The molecule has 1 aliphatic heterocycles. The van der Waals surface area contributed by atoms with Crippen LogP contribution in [0.25, 0.3) is 0 Å². The zero-order chi connectivity index (χ0) is 11.5. The molecule has 0 aromatic carbocycles. The number of aliphatic hydroxyl groups is 1. The van der Waals surface area contributed by atoms with Gasteiger partial charge < -0.3 is 15.2 Å². The average Bonchev–Trinajstić information content (AvgIpc) is 2.05. The summed E-state index contributed by atoms with van der Waals surface area (Å²) in [5, 5.41) is 14.5. The van der Waals surface area contributed by atoms with E-state index in [1.54, 1.807) is 39.1 Å². The van der Waals surface area contributed by atoms with Gasteiger partial charge in [0, 0.05) is 0 Å². The Morgan fingerprint density at radius 1 is 1.60 bits per heavy atom. The van der Waals surface area contributed by atoms with Crippen molar-refractivity contribution in [3.8, 4) is 0 Å². The lowest BCUT2D eigenvalue weighted by Gasteiger charge is -2.23. The number of amides is 1. The normalized spacial score (nSPS) is 20.3. The Kier molecular flexibility index (Phi) is 3.36. The summed E-state index contributed by atoms with van der Waals surface area (Å²) >= 11 is 0. The fourth-order valence-corrected chi connectivity index (χ4v) is 1.01. The average molecular weight is 212 g/mol. The summed E-state index contributed by atoms with van der Waals surface area (Å²) < 4.78 is 5.03. The lowest BCUT2D eigenvalue weighted by Crippen LogP contribution is -2.40. The number of ether oxygens (including phenoxy) is 1. The van der Waals surface area contributed by atoms with Gasteiger partial charge in [0.05, 0.1) is 5.70 Å². The van der Waals surface area contributed by atoms with Crippen molar-refractivity contribution in [3.63, 3.8) is 0 Å². The van der Waals surface area contributed by atoms with Crippen molar-refractivity contribution in [3.05, 3.63) is 24.0 Å². The number of nitrogens with one attached hydrogen (secondary N) is 2. The Morgan fingerprint density at radius 2 is 2.27 bits per heavy atom. The second-order valence-corrected chi connectivity index (χ2v) is 4.18. The molecule has 0 spiro atoms. The molecule has 84 valence electrons. The van der Waals surface area contributed by atoms with E-state index in [2.05, 4.69) is 10.6 Å². The molecule has 0 saturated heterocycles. The maximum absolute atomic E-state index is 11.3. The number of aliphatic hydroxyl groups excluding tert-OH is 1. The highest BCUT2D eigenvalue weighted by Crippen LogP contribution is 2.08. The third-order valence-corrected chi connectivity index (χ3v) is 1.57. The fourth-order valence-electron chi connectivity index (χ4n) is 1.01. The molecular weight excluding hydrogens is 196 g/mol. The molecule has 15 heavy (non-hydrogen) atoms. The van der Waals surface area contributed by atoms with Gasteiger partial charge in [-0.1, -0.05) is 0 Å². The molecule has 1 atom stereocenters. The molecule has 3 N–H and O–H groups in total. The lowest BCUT2D eigenvalue weighted by molar-refractivity contribution is 0.0521. The van der Waals surface area contributed by atoms with Gasteiger partial charge in [-0.05, 0) is 39.1 Å². The fraction of sp³-hybridized carbons (Fsp3) is 0.500. The summed E-state index contributed by atoms with van der Waals surface area (Å²) in [6.45, 7) is 5.32. The van der Waals surface area contributed by atoms with E-state index in [0.717, 1.165) is 0 Å². The third-order valence-electron chi connectivity index (χ3n) is 1.57. The van der Waals surface area contributed by atoms with Crippen LogP contribution < -0.4 is 10.6 Å². The second kappa shape index (κ2) is 4.35. The Balaban J connectivity index is 2.51. The Bertz CT molecular complexity index is 302. The summed E-state index contributed by atoms with van der Waals surface area (Å²) in [5.41, 5.74) is -0.181. The number of carbonyl (C=O) groups is 1. The lowest BCUT2D eigenvalue weighted by atomic mass is 10.2. The molecule has 5 nitrogen and oxygen atoms in total. The number of alkyl carbamates (subject to hydrolysis) is 1. The van der Waals surface area contributed by atoms with Crippen LogP contribution >= 0.6 is 0 Å². The number of rotatable bonds is 1. The summed E-state index contributed by atoms with van der Waals surface area (Å²) in [4.78, 5) is 11.3. The monoisotopic (exact) mass is 212 g/mol. The van der Waals surface area contributed by atoms with E-state index in [1.807, 2.05) is 0 Å². The maximum atomic E-state index is 11.3. The number of hydrogen-bond acceptors (Lipinski definition) is 4.